The monoisotopic (exact) mass is 480 g/mol. The molecule has 0 saturated carbocycles. The van der Waals surface area contributed by atoms with E-state index in [9.17, 15) is 13.2 Å². The molecule has 3 aromatic rings. The number of carbonyl (C=O) groups is 1. The van der Waals surface area contributed by atoms with Crippen LogP contribution in [0, 0.1) is 0 Å². The molecule has 0 aromatic heterocycles. The number of rotatable bonds is 10. The maximum absolute atomic E-state index is 12.9. The number of anilines is 1. The minimum absolute atomic E-state index is 0.0892. The van der Waals surface area contributed by atoms with E-state index >= 15 is 0 Å². The lowest BCUT2D eigenvalue weighted by Gasteiger charge is -2.23. The van der Waals surface area contributed by atoms with Gasteiger partial charge in [0.25, 0.3) is 5.91 Å². The molecule has 34 heavy (non-hydrogen) atoms. The fourth-order valence-corrected chi connectivity index (χ4v) is 4.53. The fourth-order valence-electron chi connectivity index (χ4n) is 3.37. The molecule has 7 heteroatoms. The summed E-state index contributed by atoms with van der Waals surface area (Å²) in [5, 5.41) is 2.73. The molecular formula is C27H32N2O4S. The maximum Gasteiger partial charge on any atom is 0.262 e. The Bertz CT molecular complexity index is 1190. The highest BCUT2D eigenvalue weighted by Gasteiger charge is 2.21. The van der Waals surface area contributed by atoms with E-state index in [0.29, 0.717) is 11.4 Å². The van der Waals surface area contributed by atoms with Gasteiger partial charge in [-0.1, -0.05) is 63.2 Å². The van der Waals surface area contributed by atoms with Gasteiger partial charge in [-0.05, 0) is 59.4 Å². The Morgan fingerprint density at radius 2 is 1.56 bits per heavy atom. The molecule has 180 valence electrons. The highest BCUT2D eigenvalue weighted by atomic mass is 32.2. The van der Waals surface area contributed by atoms with E-state index in [1.54, 1.807) is 19.2 Å². The van der Waals surface area contributed by atoms with Crippen LogP contribution in [0.1, 0.15) is 38.3 Å². The number of carbonyl (C=O) groups excluding carboxylic acids is 1. The van der Waals surface area contributed by atoms with Crippen LogP contribution in [0.15, 0.2) is 83.8 Å². The van der Waals surface area contributed by atoms with Gasteiger partial charge >= 0.3 is 0 Å². The Labute approximate surface area is 202 Å². The fraction of sp³-hybridized carbons (Fsp3) is 0.296. The number of hydrogen-bond donors (Lipinski definition) is 1. The molecule has 0 saturated heterocycles. The first-order chi connectivity index (χ1) is 16.1. The molecule has 0 unspecified atom stereocenters. The van der Waals surface area contributed by atoms with Crippen LogP contribution in [-0.2, 0) is 26.8 Å². The summed E-state index contributed by atoms with van der Waals surface area (Å²) in [4.78, 5) is 12.5. The van der Waals surface area contributed by atoms with Gasteiger partial charge in [-0.25, -0.2) is 8.42 Å². The Kier molecular flexibility index (Phi) is 8.12. The van der Waals surface area contributed by atoms with Crippen molar-refractivity contribution in [3.05, 3.63) is 90.0 Å². The van der Waals surface area contributed by atoms with Gasteiger partial charge in [-0.15, -0.1) is 0 Å². The van der Waals surface area contributed by atoms with Crippen molar-refractivity contribution in [2.75, 3.05) is 19.0 Å². The van der Waals surface area contributed by atoms with Crippen LogP contribution in [0.25, 0.3) is 0 Å². The van der Waals surface area contributed by atoms with Crippen molar-refractivity contribution in [1.29, 1.82) is 0 Å². The summed E-state index contributed by atoms with van der Waals surface area (Å²) >= 11 is 0. The van der Waals surface area contributed by atoms with Crippen LogP contribution in [0.4, 0.5) is 5.69 Å². The van der Waals surface area contributed by atoms with Gasteiger partial charge in [0.1, 0.15) is 5.75 Å². The Morgan fingerprint density at radius 1 is 0.941 bits per heavy atom. The lowest BCUT2D eigenvalue weighted by atomic mass is 9.82. The Balaban J connectivity index is 1.55. The van der Waals surface area contributed by atoms with Crippen molar-refractivity contribution < 1.29 is 17.9 Å². The molecule has 0 aliphatic carbocycles. The molecule has 1 N–H and O–H groups in total. The summed E-state index contributed by atoms with van der Waals surface area (Å²) in [6, 6.07) is 23.3. The largest absolute Gasteiger partial charge is 0.484 e. The quantitative estimate of drug-likeness (QED) is 0.432. The van der Waals surface area contributed by atoms with Gasteiger partial charge in [0.15, 0.2) is 6.61 Å². The summed E-state index contributed by atoms with van der Waals surface area (Å²) in [5.74, 6) is 0.295. The predicted molar refractivity (Wildman–Crippen MR) is 135 cm³/mol. The van der Waals surface area contributed by atoms with Gasteiger partial charge < -0.3 is 10.1 Å². The first kappa shape index (κ1) is 25.5. The van der Waals surface area contributed by atoms with E-state index < -0.39 is 10.0 Å². The minimum Gasteiger partial charge on any atom is -0.484 e. The van der Waals surface area contributed by atoms with Crippen molar-refractivity contribution in [1.82, 2.24) is 4.31 Å². The topological polar surface area (TPSA) is 75.7 Å². The number of ether oxygens (including phenoxy) is 1. The number of nitrogens with zero attached hydrogens (tertiary/aromatic N) is 1. The van der Waals surface area contributed by atoms with Gasteiger partial charge in [0.05, 0.1) is 4.90 Å². The standard InChI is InChI=1S/C27H32N2O4S/c1-5-27(2,3)22-11-15-24(16-12-22)33-20-26(30)28-23-13-17-25(18-14-23)34(31,32)29(4)19-21-9-7-6-8-10-21/h6-18H,5,19-20H2,1-4H3,(H,28,30). The highest BCUT2D eigenvalue weighted by Crippen LogP contribution is 2.28. The van der Waals surface area contributed by atoms with Crippen LogP contribution >= 0.6 is 0 Å². The highest BCUT2D eigenvalue weighted by molar-refractivity contribution is 7.89. The summed E-state index contributed by atoms with van der Waals surface area (Å²) in [6.45, 7) is 6.66. The van der Waals surface area contributed by atoms with E-state index in [0.717, 1.165) is 12.0 Å². The summed E-state index contributed by atoms with van der Waals surface area (Å²) in [6.07, 6.45) is 1.03. The third-order valence-electron chi connectivity index (χ3n) is 5.98. The third-order valence-corrected chi connectivity index (χ3v) is 7.80. The molecule has 1 amide bonds. The van der Waals surface area contributed by atoms with Crippen molar-refractivity contribution in [2.45, 2.75) is 44.0 Å². The summed E-state index contributed by atoms with van der Waals surface area (Å²) < 4.78 is 32.6. The zero-order valence-electron chi connectivity index (χ0n) is 20.1. The summed E-state index contributed by atoms with van der Waals surface area (Å²) in [7, 11) is -2.10. The van der Waals surface area contributed by atoms with E-state index in [-0.39, 0.29) is 29.4 Å². The number of benzene rings is 3. The molecule has 0 bridgehead atoms. The second-order valence-corrected chi connectivity index (χ2v) is 10.9. The Morgan fingerprint density at radius 3 is 2.15 bits per heavy atom. The lowest BCUT2D eigenvalue weighted by molar-refractivity contribution is -0.118. The normalized spacial score (nSPS) is 11.9. The van der Waals surface area contributed by atoms with Crippen molar-refractivity contribution in [3.63, 3.8) is 0 Å². The van der Waals surface area contributed by atoms with Crippen molar-refractivity contribution in [3.8, 4) is 5.75 Å². The second-order valence-electron chi connectivity index (χ2n) is 8.87. The van der Waals surface area contributed by atoms with Gasteiger partial charge in [-0.3, -0.25) is 4.79 Å². The van der Waals surface area contributed by atoms with Gasteiger partial charge in [0.2, 0.25) is 10.0 Å². The van der Waals surface area contributed by atoms with Gasteiger partial charge in [-0.2, -0.15) is 4.31 Å². The van der Waals surface area contributed by atoms with E-state index in [1.807, 2.05) is 54.6 Å². The molecule has 0 aliphatic rings. The molecule has 0 atom stereocenters. The van der Waals surface area contributed by atoms with Crippen LogP contribution in [0.5, 0.6) is 5.75 Å². The molecular weight excluding hydrogens is 448 g/mol. The van der Waals surface area contributed by atoms with Crippen LogP contribution in [0.3, 0.4) is 0 Å². The van der Waals surface area contributed by atoms with Crippen LogP contribution in [-0.4, -0.2) is 32.3 Å². The number of amides is 1. The average molecular weight is 481 g/mol. The molecule has 3 rings (SSSR count). The van der Waals surface area contributed by atoms with Crippen molar-refractivity contribution >= 4 is 21.6 Å². The molecule has 0 aliphatic heterocycles. The summed E-state index contributed by atoms with van der Waals surface area (Å²) in [5.41, 5.74) is 2.71. The van der Waals surface area contributed by atoms with Gasteiger partial charge in [0, 0.05) is 19.3 Å². The first-order valence-electron chi connectivity index (χ1n) is 11.3. The minimum atomic E-state index is -3.65. The molecule has 0 fully saturated rings. The van der Waals surface area contributed by atoms with Crippen molar-refractivity contribution in [2.24, 2.45) is 0 Å². The first-order valence-corrected chi connectivity index (χ1v) is 12.7. The van der Waals surface area contributed by atoms with Crippen LogP contribution in [0.2, 0.25) is 0 Å². The predicted octanol–water partition coefficient (Wildman–Crippen LogP) is 5.21. The zero-order chi connectivity index (χ0) is 24.8. The number of nitrogens with one attached hydrogen (secondary N) is 1. The van der Waals surface area contributed by atoms with E-state index in [4.69, 9.17) is 4.74 Å². The number of sulfonamides is 1. The molecule has 0 radical (unpaired) electrons. The van der Waals surface area contributed by atoms with E-state index in [1.165, 1.54) is 22.0 Å². The SMILES string of the molecule is CCC(C)(C)c1ccc(OCC(=O)Nc2ccc(S(=O)(=O)N(C)Cc3ccccc3)cc2)cc1. The number of hydrogen-bond acceptors (Lipinski definition) is 4. The second kappa shape index (κ2) is 10.8. The van der Waals surface area contributed by atoms with Crippen LogP contribution < -0.4 is 10.1 Å². The molecule has 0 spiro atoms. The maximum atomic E-state index is 12.9. The van der Waals surface area contributed by atoms with E-state index in [2.05, 4.69) is 26.1 Å². The molecule has 3 aromatic carbocycles. The smallest absolute Gasteiger partial charge is 0.262 e. The lowest BCUT2D eigenvalue weighted by Crippen LogP contribution is -2.26. The molecule has 0 heterocycles. The zero-order valence-corrected chi connectivity index (χ0v) is 20.9. The molecule has 6 nitrogen and oxygen atoms in total. The average Bonchev–Trinajstić information content (AvgIpc) is 2.84. The third kappa shape index (κ3) is 6.46. The Hall–Kier alpha value is -3.16.